The van der Waals surface area contributed by atoms with Gasteiger partial charge in [0.1, 0.15) is 0 Å². The van der Waals surface area contributed by atoms with Crippen LogP contribution in [-0.2, 0) is 10.0 Å². The van der Waals surface area contributed by atoms with E-state index in [1.165, 1.54) is 0 Å². The van der Waals surface area contributed by atoms with Crippen LogP contribution in [0.1, 0.15) is 6.42 Å². The molecule has 2 aromatic rings. The van der Waals surface area contributed by atoms with E-state index < -0.39 is 10.0 Å². The zero-order valence-corrected chi connectivity index (χ0v) is 12.1. The molecule has 1 aromatic carbocycles. The molecule has 0 spiro atoms. The van der Waals surface area contributed by atoms with Gasteiger partial charge in [-0.25, -0.2) is 8.42 Å². The largest absolute Gasteiger partial charge is 0.316 e. The average molecular weight is 291 g/mol. The maximum atomic E-state index is 12.6. The fourth-order valence-corrected chi connectivity index (χ4v) is 4.09. The van der Waals surface area contributed by atoms with Crippen LogP contribution in [0.3, 0.4) is 0 Å². The molecule has 1 saturated heterocycles. The Morgan fingerprint density at radius 2 is 2.15 bits per heavy atom. The molecule has 0 unspecified atom stereocenters. The van der Waals surface area contributed by atoms with E-state index in [4.69, 9.17) is 0 Å². The lowest BCUT2D eigenvalue weighted by Gasteiger charge is -2.16. The predicted molar refractivity (Wildman–Crippen MR) is 78.0 cm³/mol. The Hall–Kier alpha value is -1.50. The summed E-state index contributed by atoms with van der Waals surface area (Å²) in [5.41, 5.74) is 0. The number of benzene rings is 1. The second-order valence-corrected chi connectivity index (χ2v) is 6.96. The summed E-state index contributed by atoms with van der Waals surface area (Å²) in [4.78, 5) is 4.39. The highest BCUT2D eigenvalue weighted by Gasteiger charge is 2.31. The smallest absolute Gasteiger partial charge is 0.243 e. The number of rotatable bonds is 3. The van der Waals surface area contributed by atoms with Crippen LogP contribution in [0.5, 0.6) is 0 Å². The van der Waals surface area contributed by atoms with E-state index in [1.54, 1.807) is 34.9 Å². The average Bonchev–Trinajstić information content (AvgIpc) is 2.96. The van der Waals surface area contributed by atoms with Crippen molar-refractivity contribution in [2.45, 2.75) is 17.4 Å². The highest BCUT2D eigenvalue weighted by molar-refractivity contribution is 7.89. The first kappa shape index (κ1) is 13.5. The van der Waals surface area contributed by atoms with Crippen molar-refractivity contribution in [1.82, 2.24) is 14.6 Å². The van der Waals surface area contributed by atoms with Crippen LogP contribution in [0, 0.1) is 0 Å². The number of nitrogens with one attached hydrogen (secondary N) is 1. The van der Waals surface area contributed by atoms with Crippen molar-refractivity contribution >= 4 is 20.8 Å². The van der Waals surface area contributed by atoms with Gasteiger partial charge in [0.25, 0.3) is 0 Å². The number of hydrogen-bond acceptors (Lipinski definition) is 4. The minimum absolute atomic E-state index is 0.245. The van der Waals surface area contributed by atoms with Gasteiger partial charge in [-0.3, -0.25) is 4.98 Å². The molecular weight excluding hydrogens is 274 g/mol. The third-order valence-corrected chi connectivity index (χ3v) is 5.67. The van der Waals surface area contributed by atoms with Gasteiger partial charge < -0.3 is 5.32 Å². The number of sulfonamides is 1. The Labute approximate surface area is 118 Å². The van der Waals surface area contributed by atoms with Crippen molar-refractivity contribution in [3.8, 4) is 0 Å². The van der Waals surface area contributed by atoms with E-state index in [-0.39, 0.29) is 6.04 Å². The first-order chi connectivity index (χ1) is 9.61. The topological polar surface area (TPSA) is 62.3 Å². The van der Waals surface area contributed by atoms with Crippen LogP contribution in [0.4, 0.5) is 0 Å². The molecule has 6 heteroatoms. The second-order valence-electron chi connectivity index (χ2n) is 5.02. The molecule has 1 atom stereocenters. The summed E-state index contributed by atoms with van der Waals surface area (Å²) < 4.78 is 26.8. The molecule has 106 valence electrons. The predicted octanol–water partition coefficient (Wildman–Crippen LogP) is 1.22. The van der Waals surface area contributed by atoms with Crippen molar-refractivity contribution in [2.75, 3.05) is 20.1 Å². The minimum atomic E-state index is -3.40. The van der Waals surface area contributed by atoms with Gasteiger partial charge in [0.2, 0.25) is 10.0 Å². The molecule has 0 bridgehead atoms. The maximum Gasteiger partial charge on any atom is 0.243 e. The van der Waals surface area contributed by atoms with Gasteiger partial charge in [-0.05, 0) is 37.1 Å². The number of aromatic nitrogens is 1. The van der Waals surface area contributed by atoms with E-state index >= 15 is 0 Å². The third kappa shape index (κ3) is 2.30. The number of nitrogens with zero attached hydrogens (tertiary/aromatic N) is 2. The summed E-state index contributed by atoms with van der Waals surface area (Å²) in [5.74, 6) is 0. The Bertz CT molecular complexity index is 730. The molecule has 1 aliphatic heterocycles. The van der Waals surface area contributed by atoms with Crippen LogP contribution in [0.15, 0.2) is 41.6 Å². The molecule has 3 rings (SSSR count). The lowest BCUT2D eigenvalue weighted by Crippen LogP contribution is -2.33. The van der Waals surface area contributed by atoms with E-state index in [0.29, 0.717) is 18.0 Å². The molecule has 0 saturated carbocycles. The molecule has 2 heterocycles. The fourth-order valence-electron chi connectivity index (χ4n) is 2.55. The van der Waals surface area contributed by atoms with E-state index in [1.807, 2.05) is 13.1 Å². The summed E-state index contributed by atoms with van der Waals surface area (Å²) in [5, 5.41) is 4.97. The van der Waals surface area contributed by atoms with Gasteiger partial charge in [-0.1, -0.05) is 6.07 Å². The molecule has 1 N–H and O–H groups in total. The minimum Gasteiger partial charge on any atom is -0.316 e. The number of likely N-dealkylation sites (N-methyl/N-ethyl adjacent to an activating group) is 1. The zero-order valence-electron chi connectivity index (χ0n) is 11.3. The summed E-state index contributed by atoms with van der Waals surface area (Å²) in [6, 6.07) is 7.26. The van der Waals surface area contributed by atoms with Gasteiger partial charge >= 0.3 is 0 Å². The maximum absolute atomic E-state index is 12.6. The van der Waals surface area contributed by atoms with Crippen LogP contribution in [0.2, 0.25) is 0 Å². The first-order valence-corrected chi connectivity index (χ1v) is 8.06. The monoisotopic (exact) mass is 291 g/mol. The molecule has 1 fully saturated rings. The lowest BCUT2D eigenvalue weighted by atomic mass is 10.2. The summed E-state index contributed by atoms with van der Waals surface area (Å²) in [6.45, 7) is 1.11. The van der Waals surface area contributed by atoms with Crippen molar-refractivity contribution in [1.29, 1.82) is 0 Å². The van der Waals surface area contributed by atoms with Gasteiger partial charge in [0, 0.05) is 36.9 Å². The quantitative estimate of drug-likeness (QED) is 0.923. The molecule has 0 radical (unpaired) electrons. The highest BCUT2D eigenvalue weighted by atomic mass is 32.2. The molecule has 5 nitrogen and oxygen atoms in total. The van der Waals surface area contributed by atoms with Gasteiger partial charge in [-0.15, -0.1) is 0 Å². The molecule has 0 aliphatic carbocycles. The van der Waals surface area contributed by atoms with Gasteiger partial charge in [0.05, 0.1) is 4.90 Å². The summed E-state index contributed by atoms with van der Waals surface area (Å²) >= 11 is 0. The first-order valence-electron chi connectivity index (χ1n) is 6.62. The van der Waals surface area contributed by atoms with Crippen molar-refractivity contribution in [3.63, 3.8) is 0 Å². The van der Waals surface area contributed by atoms with E-state index in [9.17, 15) is 8.42 Å². The SMILES string of the molecule is CN[C@H]1CCN(S(=O)(=O)c2ccc3cnccc3c2)C1. The standard InChI is InChI=1S/C14H17N3O2S/c1-15-13-5-7-17(10-13)20(18,19)14-3-2-12-9-16-6-4-11(12)8-14/h2-4,6,8-9,13,15H,5,7,10H2,1H3/t13-/m0/s1. The normalized spacial score (nSPS) is 20.6. The van der Waals surface area contributed by atoms with E-state index in [0.717, 1.165) is 17.2 Å². The zero-order chi connectivity index (χ0) is 14.2. The molecule has 0 amide bonds. The summed E-state index contributed by atoms with van der Waals surface area (Å²) in [6.07, 6.45) is 4.26. The Morgan fingerprint density at radius 3 is 2.90 bits per heavy atom. The Kier molecular flexibility index (Phi) is 3.45. The Balaban J connectivity index is 1.97. The van der Waals surface area contributed by atoms with E-state index in [2.05, 4.69) is 10.3 Å². The highest BCUT2D eigenvalue weighted by Crippen LogP contribution is 2.24. The number of pyridine rings is 1. The van der Waals surface area contributed by atoms with Crippen LogP contribution >= 0.6 is 0 Å². The van der Waals surface area contributed by atoms with Crippen LogP contribution in [0.25, 0.3) is 10.8 Å². The van der Waals surface area contributed by atoms with Gasteiger partial charge in [-0.2, -0.15) is 4.31 Å². The fraction of sp³-hybridized carbons (Fsp3) is 0.357. The number of hydrogen-bond donors (Lipinski definition) is 1. The van der Waals surface area contributed by atoms with Crippen LogP contribution < -0.4 is 5.32 Å². The summed E-state index contributed by atoms with van der Waals surface area (Å²) in [7, 11) is -1.54. The third-order valence-electron chi connectivity index (χ3n) is 3.81. The van der Waals surface area contributed by atoms with Crippen molar-refractivity contribution in [3.05, 3.63) is 36.7 Å². The van der Waals surface area contributed by atoms with Crippen LogP contribution in [-0.4, -0.2) is 43.9 Å². The molecule has 20 heavy (non-hydrogen) atoms. The van der Waals surface area contributed by atoms with Crippen molar-refractivity contribution in [2.24, 2.45) is 0 Å². The molecule has 1 aromatic heterocycles. The lowest BCUT2D eigenvalue weighted by molar-refractivity contribution is 0.464. The Morgan fingerprint density at radius 1 is 1.30 bits per heavy atom. The number of fused-ring (bicyclic) bond motifs is 1. The molecular formula is C14H17N3O2S. The molecule has 1 aliphatic rings. The van der Waals surface area contributed by atoms with Crippen molar-refractivity contribution < 1.29 is 8.42 Å². The van der Waals surface area contributed by atoms with Gasteiger partial charge in [0.15, 0.2) is 0 Å². The second kappa shape index (κ2) is 5.12.